The number of fused-ring (bicyclic) bond motifs is 1. The van der Waals surface area contributed by atoms with E-state index in [4.69, 9.17) is 9.40 Å². The zero-order chi connectivity index (χ0) is 18.2. The van der Waals surface area contributed by atoms with E-state index < -0.39 is 0 Å². The van der Waals surface area contributed by atoms with Gasteiger partial charge in [0.05, 0.1) is 18.4 Å². The van der Waals surface area contributed by atoms with Gasteiger partial charge in [0.1, 0.15) is 11.3 Å². The summed E-state index contributed by atoms with van der Waals surface area (Å²) in [5, 5.41) is 3.09. The monoisotopic (exact) mass is 376 g/mol. The Bertz CT molecular complexity index is 1070. The second kappa shape index (κ2) is 6.59. The number of allylic oxidation sites excluding steroid dienone is 1. The molecule has 0 bridgehead atoms. The minimum Gasteiger partial charge on any atom is -0.445 e. The standard InChI is InChI=1S/C20H16N4O2S/c25-20-16-3-1-2-15(18-22-7-9-26-18)17(16)11-24(20)8-5-14-12-27-19(23-14)13-4-6-21-10-13/h1-4,6-7,9,12H,5,8,10-11H2. The van der Waals surface area contributed by atoms with E-state index in [0.29, 0.717) is 25.5 Å². The molecule has 3 aromatic rings. The lowest BCUT2D eigenvalue weighted by Gasteiger charge is -2.14. The first-order valence-electron chi connectivity index (χ1n) is 8.74. The third-order valence-electron chi connectivity index (χ3n) is 4.81. The lowest BCUT2D eigenvalue weighted by atomic mass is 10.0. The average Bonchev–Trinajstić information content (AvgIpc) is 3.46. The topological polar surface area (TPSA) is 71.6 Å². The fourth-order valence-electron chi connectivity index (χ4n) is 3.43. The highest BCUT2D eigenvalue weighted by molar-refractivity contribution is 7.10. The second-order valence-electron chi connectivity index (χ2n) is 6.47. The lowest BCUT2D eigenvalue weighted by Crippen LogP contribution is -2.26. The summed E-state index contributed by atoms with van der Waals surface area (Å²) in [6.07, 6.45) is 7.73. The molecule has 2 aromatic heterocycles. The van der Waals surface area contributed by atoms with Gasteiger partial charge < -0.3 is 9.32 Å². The quantitative estimate of drug-likeness (QED) is 0.684. The highest BCUT2D eigenvalue weighted by atomic mass is 32.1. The number of aromatic nitrogens is 2. The van der Waals surface area contributed by atoms with Crippen molar-refractivity contribution in [1.82, 2.24) is 14.9 Å². The number of rotatable bonds is 5. The molecule has 0 fully saturated rings. The average molecular weight is 376 g/mol. The highest BCUT2D eigenvalue weighted by Crippen LogP contribution is 2.32. The third kappa shape index (κ3) is 2.90. The molecule has 2 aliphatic heterocycles. The fourth-order valence-corrected chi connectivity index (χ4v) is 4.30. The Balaban J connectivity index is 1.31. The predicted molar refractivity (Wildman–Crippen MR) is 104 cm³/mol. The highest BCUT2D eigenvalue weighted by Gasteiger charge is 2.30. The maximum atomic E-state index is 12.8. The maximum Gasteiger partial charge on any atom is 0.254 e. The number of hydrogen-bond donors (Lipinski definition) is 0. The van der Waals surface area contributed by atoms with Gasteiger partial charge in [-0.15, -0.1) is 11.3 Å². The van der Waals surface area contributed by atoms with Gasteiger partial charge >= 0.3 is 0 Å². The number of carbonyl (C=O) groups is 1. The molecule has 2 aliphatic rings. The van der Waals surface area contributed by atoms with Crippen LogP contribution in [0.4, 0.5) is 0 Å². The van der Waals surface area contributed by atoms with Crippen molar-refractivity contribution in [3.8, 4) is 11.5 Å². The molecule has 0 spiro atoms. The van der Waals surface area contributed by atoms with Gasteiger partial charge in [0.25, 0.3) is 5.91 Å². The molecule has 7 heteroatoms. The molecule has 0 saturated carbocycles. The second-order valence-corrected chi connectivity index (χ2v) is 7.33. The van der Waals surface area contributed by atoms with E-state index in [-0.39, 0.29) is 5.91 Å². The van der Waals surface area contributed by atoms with Crippen LogP contribution in [0.5, 0.6) is 0 Å². The molecular weight excluding hydrogens is 360 g/mol. The van der Waals surface area contributed by atoms with Crippen molar-refractivity contribution >= 4 is 29.0 Å². The molecule has 4 heterocycles. The molecule has 0 aliphatic carbocycles. The van der Waals surface area contributed by atoms with Crippen molar-refractivity contribution in [2.75, 3.05) is 13.1 Å². The summed E-state index contributed by atoms with van der Waals surface area (Å²) in [7, 11) is 0. The summed E-state index contributed by atoms with van der Waals surface area (Å²) < 4.78 is 5.43. The first kappa shape index (κ1) is 16.1. The maximum absolute atomic E-state index is 12.8. The minimum absolute atomic E-state index is 0.0563. The third-order valence-corrected chi connectivity index (χ3v) is 5.78. The Morgan fingerprint density at radius 3 is 3.00 bits per heavy atom. The summed E-state index contributed by atoms with van der Waals surface area (Å²) in [5.74, 6) is 0.610. The van der Waals surface area contributed by atoms with E-state index in [1.165, 1.54) is 0 Å². The van der Waals surface area contributed by atoms with Crippen LogP contribution >= 0.6 is 11.3 Å². The zero-order valence-corrected chi connectivity index (χ0v) is 15.3. The predicted octanol–water partition coefficient (Wildman–Crippen LogP) is 3.46. The van der Waals surface area contributed by atoms with Crippen LogP contribution in [0.1, 0.15) is 26.6 Å². The fraction of sp³-hybridized carbons (Fsp3) is 0.200. The zero-order valence-electron chi connectivity index (χ0n) is 14.5. The van der Waals surface area contributed by atoms with Crippen LogP contribution in [0, 0.1) is 0 Å². The number of benzene rings is 1. The Hall–Kier alpha value is -3.06. The number of hydrogen-bond acceptors (Lipinski definition) is 6. The Labute approximate surface area is 159 Å². The van der Waals surface area contributed by atoms with Crippen LogP contribution in [0.3, 0.4) is 0 Å². The smallest absolute Gasteiger partial charge is 0.254 e. The molecule has 0 N–H and O–H groups in total. The van der Waals surface area contributed by atoms with Gasteiger partial charge in [-0.05, 0) is 23.8 Å². The van der Waals surface area contributed by atoms with Gasteiger partial charge in [0.2, 0.25) is 5.89 Å². The van der Waals surface area contributed by atoms with E-state index >= 15 is 0 Å². The van der Waals surface area contributed by atoms with E-state index in [2.05, 4.69) is 15.4 Å². The molecule has 27 heavy (non-hydrogen) atoms. The van der Waals surface area contributed by atoms with E-state index in [1.807, 2.05) is 35.4 Å². The molecule has 0 radical (unpaired) electrons. The molecular formula is C20H16N4O2S. The van der Waals surface area contributed by atoms with Crippen LogP contribution in [0.15, 0.2) is 51.5 Å². The van der Waals surface area contributed by atoms with E-state index in [1.54, 1.807) is 23.8 Å². The van der Waals surface area contributed by atoms with Gasteiger partial charge in [0.15, 0.2) is 0 Å². The SMILES string of the molecule is O=C1c2cccc(-c3ncco3)c2CN1CCc1csc(C2=CC=NC2)n1. The summed E-state index contributed by atoms with van der Waals surface area (Å²) in [6, 6.07) is 5.70. The van der Waals surface area contributed by atoms with Crippen LogP contribution in [0.25, 0.3) is 17.0 Å². The van der Waals surface area contributed by atoms with Crippen molar-refractivity contribution in [2.45, 2.75) is 13.0 Å². The number of aliphatic imine (C=N–C) groups is 1. The van der Waals surface area contributed by atoms with Crippen molar-refractivity contribution in [3.63, 3.8) is 0 Å². The number of oxazole rings is 1. The van der Waals surface area contributed by atoms with Gasteiger partial charge in [-0.2, -0.15) is 0 Å². The number of carbonyl (C=O) groups excluding carboxylic acids is 1. The van der Waals surface area contributed by atoms with Gasteiger partial charge in [-0.1, -0.05) is 6.07 Å². The Kier molecular flexibility index (Phi) is 3.94. The molecule has 1 aromatic carbocycles. The van der Waals surface area contributed by atoms with Gasteiger partial charge in [-0.25, -0.2) is 9.97 Å². The first-order valence-corrected chi connectivity index (χ1v) is 9.62. The molecule has 1 amide bonds. The molecule has 0 saturated heterocycles. The minimum atomic E-state index is 0.0563. The van der Waals surface area contributed by atoms with Crippen molar-refractivity contribution in [1.29, 1.82) is 0 Å². The lowest BCUT2D eigenvalue weighted by molar-refractivity contribution is 0.0780. The molecule has 6 nitrogen and oxygen atoms in total. The largest absolute Gasteiger partial charge is 0.445 e. The summed E-state index contributed by atoms with van der Waals surface area (Å²) in [5.41, 5.74) is 4.78. The van der Waals surface area contributed by atoms with Crippen LogP contribution < -0.4 is 0 Å². The van der Waals surface area contributed by atoms with E-state index in [0.717, 1.165) is 39.4 Å². The molecule has 0 atom stereocenters. The Morgan fingerprint density at radius 2 is 2.19 bits per heavy atom. The molecule has 5 rings (SSSR count). The van der Waals surface area contributed by atoms with Crippen molar-refractivity contribution < 1.29 is 9.21 Å². The number of amides is 1. The van der Waals surface area contributed by atoms with Gasteiger partial charge in [0, 0.05) is 47.8 Å². The van der Waals surface area contributed by atoms with Crippen molar-refractivity contribution in [2.24, 2.45) is 4.99 Å². The van der Waals surface area contributed by atoms with Gasteiger partial charge in [-0.3, -0.25) is 9.79 Å². The Morgan fingerprint density at radius 1 is 1.26 bits per heavy atom. The number of nitrogens with zero attached hydrogens (tertiary/aromatic N) is 4. The number of thiazole rings is 1. The van der Waals surface area contributed by atoms with Crippen LogP contribution in [-0.4, -0.2) is 40.1 Å². The molecule has 0 unspecified atom stereocenters. The first-order chi connectivity index (χ1) is 13.3. The van der Waals surface area contributed by atoms with E-state index in [9.17, 15) is 4.79 Å². The van der Waals surface area contributed by atoms with Crippen LogP contribution in [0.2, 0.25) is 0 Å². The molecule has 134 valence electrons. The van der Waals surface area contributed by atoms with Crippen LogP contribution in [-0.2, 0) is 13.0 Å². The normalized spacial score (nSPS) is 15.5. The summed E-state index contributed by atoms with van der Waals surface area (Å²) in [6.45, 7) is 1.91. The van der Waals surface area contributed by atoms with Crippen molar-refractivity contribution in [3.05, 3.63) is 63.9 Å². The summed E-state index contributed by atoms with van der Waals surface area (Å²) >= 11 is 1.63. The summed E-state index contributed by atoms with van der Waals surface area (Å²) in [4.78, 5) is 27.8.